The fourth-order valence-corrected chi connectivity index (χ4v) is 2.18. The van der Waals surface area contributed by atoms with Crippen molar-refractivity contribution in [3.05, 3.63) is 29.8 Å². The summed E-state index contributed by atoms with van der Waals surface area (Å²) in [6, 6.07) is 7.31. The number of benzene rings is 1. The van der Waals surface area contributed by atoms with Gasteiger partial charge >= 0.3 is 0 Å². The summed E-state index contributed by atoms with van der Waals surface area (Å²) in [6.45, 7) is 1.30. The lowest BCUT2D eigenvalue weighted by Crippen LogP contribution is -2.29. The summed E-state index contributed by atoms with van der Waals surface area (Å²) in [7, 11) is 0. The third-order valence-electron chi connectivity index (χ3n) is 3.04. The largest absolute Gasteiger partial charge is 0.389 e. The van der Waals surface area contributed by atoms with Gasteiger partial charge < -0.3 is 15.8 Å². The Kier molecular flexibility index (Phi) is 4.28. The highest BCUT2D eigenvalue weighted by molar-refractivity contribution is 7.80. The van der Waals surface area contributed by atoms with E-state index >= 15 is 0 Å². The van der Waals surface area contributed by atoms with Crippen LogP contribution in [0.1, 0.15) is 18.4 Å². The molecule has 96 valence electrons. The molecular weight excluding hydrogens is 248 g/mol. The molecule has 0 aromatic heterocycles. The summed E-state index contributed by atoms with van der Waals surface area (Å²) in [4.78, 5) is 12.4. The standard InChI is InChI=1S/C13H16N2O2S/c14-12(18)10-3-1-2-4-11(10)15-13(16)9-5-7-17-8-6-9/h1-4,9H,5-8H2,(H2,14,18)(H,15,16). The predicted molar refractivity (Wildman–Crippen MR) is 74.5 cm³/mol. The monoisotopic (exact) mass is 264 g/mol. The highest BCUT2D eigenvalue weighted by Gasteiger charge is 2.22. The van der Waals surface area contributed by atoms with E-state index in [0.29, 0.717) is 24.5 Å². The van der Waals surface area contributed by atoms with Gasteiger partial charge in [-0.15, -0.1) is 0 Å². The van der Waals surface area contributed by atoms with E-state index in [4.69, 9.17) is 22.7 Å². The second kappa shape index (κ2) is 5.93. The number of nitrogens with one attached hydrogen (secondary N) is 1. The topological polar surface area (TPSA) is 64.3 Å². The van der Waals surface area contributed by atoms with Crippen LogP contribution in [-0.4, -0.2) is 24.1 Å². The zero-order valence-corrected chi connectivity index (χ0v) is 10.8. The number of hydrogen-bond acceptors (Lipinski definition) is 3. The van der Waals surface area contributed by atoms with Crippen molar-refractivity contribution in [3.63, 3.8) is 0 Å². The zero-order valence-electron chi connectivity index (χ0n) is 10.0. The first kappa shape index (κ1) is 13.0. The minimum absolute atomic E-state index is 0.0122. The van der Waals surface area contributed by atoms with Gasteiger partial charge in [0.1, 0.15) is 4.99 Å². The first-order chi connectivity index (χ1) is 8.68. The molecule has 2 rings (SSSR count). The Balaban J connectivity index is 2.08. The van der Waals surface area contributed by atoms with Gasteiger partial charge in [-0.05, 0) is 25.0 Å². The number of nitrogens with two attached hydrogens (primary N) is 1. The fraction of sp³-hybridized carbons (Fsp3) is 0.385. The quantitative estimate of drug-likeness (QED) is 0.815. The number of para-hydroxylation sites is 1. The molecule has 0 unspecified atom stereocenters. The van der Waals surface area contributed by atoms with Crippen LogP contribution in [0.2, 0.25) is 0 Å². The Morgan fingerprint density at radius 3 is 2.67 bits per heavy atom. The van der Waals surface area contributed by atoms with E-state index in [0.717, 1.165) is 12.8 Å². The van der Waals surface area contributed by atoms with E-state index in [9.17, 15) is 4.79 Å². The van der Waals surface area contributed by atoms with Crippen molar-refractivity contribution in [3.8, 4) is 0 Å². The van der Waals surface area contributed by atoms with Crippen molar-refractivity contribution in [1.82, 2.24) is 0 Å². The van der Waals surface area contributed by atoms with E-state index in [1.165, 1.54) is 0 Å². The van der Waals surface area contributed by atoms with Crippen LogP contribution >= 0.6 is 12.2 Å². The molecule has 3 N–H and O–H groups in total. The Morgan fingerprint density at radius 2 is 2.00 bits per heavy atom. The van der Waals surface area contributed by atoms with Crippen molar-refractivity contribution < 1.29 is 9.53 Å². The zero-order chi connectivity index (χ0) is 13.0. The normalized spacial score (nSPS) is 16.2. The third kappa shape index (κ3) is 3.05. The molecule has 5 heteroatoms. The van der Waals surface area contributed by atoms with E-state index in [1.807, 2.05) is 24.3 Å². The van der Waals surface area contributed by atoms with Gasteiger partial charge in [-0.3, -0.25) is 4.79 Å². The second-order valence-corrected chi connectivity index (χ2v) is 4.73. The number of anilines is 1. The van der Waals surface area contributed by atoms with Crippen LogP contribution in [-0.2, 0) is 9.53 Å². The maximum atomic E-state index is 12.1. The van der Waals surface area contributed by atoms with Gasteiger partial charge in [-0.25, -0.2) is 0 Å². The smallest absolute Gasteiger partial charge is 0.227 e. The van der Waals surface area contributed by atoms with Gasteiger partial charge in [0, 0.05) is 24.7 Å². The number of hydrogen-bond donors (Lipinski definition) is 2. The Morgan fingerprint density at radius 1 is 1.33 bits per heavy atom. The summed E-state index contributed by atoms with van der Waals surface area (Å²) in [5.74, 6) is 0.0279. The summed E-state index contributed by atoms with van der Waals surface area (Å²) in [5.41, 5.74) is 7.01. The molecule has 1 amide bonds. The van der Waals surface area contributed by atoms with Crippen LogP contribution < -0.4 is 11.1 Å². The molecule has 0 radical (unpaired) electrons. The predicted octanol–water partition coefficient (Wildman–Crippen LogP) is 1.69. The van der Waals surface area contributed by atoms with Gasteiger partial charge in [0.15, 0.2) is 0 Å². The van der Waals surface area contributed by atoms with Crippen LogP contribution in [0.3, 0.4) is 0 Å². The van der Waals surface area contributed by atoms with Crippen LogP contribution in [0.5, 0.6) is 0 Å². The van der Waals surface area contributed by atoms with Crippen LogP contribution in [0.15, 0.2) is 24.3 Å². The molecule has 4 nitrogen and oxygen atoms in total. The van der Waals surface area contributed by atoms with E-state index < -0.39 is 0 Å². The van der Waals surface area contributed by atoms with E-state index in [2.05, 4.69) is 5.32 Å². The van der Waals surface area contributed by atoms with Crippen molar-refractivity contribution in [2.45, 2.75) is 12.8 Å². The summed E-state index contributed by atoms with van der Waals surface area (Å²) >= 11 is 4.97. The lowest BCUT2D eigenvalue weighted by Gasteiger charge is -2.21. The maximum absolute atomic E-state index is 12.1. The van der Waals surface area contributed by atoms with E-state index in [1.54, 1.807) is 0 Å². The lowest BCUT2D eigenvalue weighted by molar-refractivity contribution is -0.122. The molecule has 1 fully saturated rings. The van der Waals surface area contributed by atoms with Crippen LogP contribution in [0, 0.1) is 5.92 Å². The lowest BCUT2D eigenvalue weighted by atomic mass is 9.99. The molecule has 0 atom stereocenters. The Bertz CT molecular complexity index is 456. The van der Waals surface area contributed by atoms with Gasteiger partial charge in [0.2, 0.25) is 5.91 Å². The number of carbonyl (C=O) groups excluding carboxylic acids is 1. The van der Waals surface area contributed by atoms with Crippen molar-refractivity contribution in [1.29, 1.82) is 0 Å². The number of thiocarbonyl (C=S) groups is 1. The molecule has 1 aliphatic rings. The van der Waals surface area contributed by atoms with Gasteiger partial charge in [-0.2, -0.15) is 0 Å². The Labute approximate surface area is 112 Å². The van der Waals surface area contributed by atoms with Crippen LogP contribution in [0.4, 0.5) is 5.69 Å². The maximum Gasteiger partial charge on any atom is 0.227 e. The second-order valence-electron chi connectivity index (χ2n) is 4.29. The highest BCUT2D eigenvalue weighted by Crippen LogP contribution is 2.20. The van der Waals surface area contributed by atoms with Crippen LogP contribution in [0.25, 0.3) is 0 Å². The Hall–Kier alpha value is -1.46. The van der Waals surface area contributed by atoms with Gasteiger partial charge in [-0.1, -0.05) is 24.4 Å². The van der Waals surface area contributed by atoms with Gasteiger partial charge in [0.05, 0.1) is 5.69 Å². The van der Waals surface area contributed by atoms with Crippen molar-refractivity contribution >= 4 is 28.8 Å². The van der Waals surface area contributed by atoms with Gasteiger partial charge in [0.25, 0.3) is 0 Å². The molecule has 0 aliphatic carbocycles. The molecule has 1 aliphatic heterocycles. The summed E-state index contributed by atoms with van der Waals surface area (Å²) in [5, 5.41) is 2.90. The molecule has 1 aromatic carbocycles. The van der Waals surface area contributed by atoms with Crippen molar-refractivity contribution in [2.75, 3.05) is 18.5 Å². The minimum Gasteiger partial charge on any atom is -0.389 e. The van der Waals surface area contributed by atoms with E-state index in [-0.39, 0.29) is 16.8 Å². The fourth-order valence-electron chi connectivity index (χ4n) is 2.00. The van der Waals surface area contributed by atoms with Crippen molar-refractivity contribution in [2.24, 2.45) is 11.7 Å². The molecule has 1 heterocycles. The SMILES string of the molecule is NC(=S)c1ccccc1NC(=O)C1CCOCC1. The summed E-state index contributed by atoms with van der Waals surface area (Å²) < 4.78 is 5.24. The number of carbonyl (C=O) groups is 1. The number of ether oxygens (including phenoxy) is 1. The molecular formula is C13H16N2O2S. The molecule has 0 spiro atoms. The first-order valence-corrected chi connectivity index (χ1v) is 6.37. The summed E-state index contributed by atoms with van der Waals surface area (Å²) in [6.07, 6.45) is 1.53. The molecule has 0 bridgehead atoms. The third-order valence-corrected chi connectivity index (χ3v) is 3.26. The highest BCUT2D eigenvalue weighted by atomic mass is 32.1. The molecule has 1 saturated heterocycles. The molecule has 18 heavy (non-hydrogen) atoms. The molecule has 0 saturated carbocycles. The average Bonchev–Trinajstić information content (AvgIpc) is 2.40. The number of rotatable bonds is 3. The first-order valence-electron chi connectivity index (χ1n) is 5.96. The molecule has 1 aromatic rings. The average molecular weight is 264 g/mol. The number of amides is 1. The minimum atomic E-state index is 0.0122.